The van der Waals surface area contributed by atoms with Crippen molar-refractivity contribution < 1.29 is 9.18 Å². The third-order valence-electron chi connectivity index (χ3n) is 3.88. The molecule has 7 nitrogen and oxygen atoms in total. The number of hydrogen-bond acceptors (Lipinski definition) is 4. The highest BCUT2D eigenvalue weighted by Crippen LogP contribution is 2.13. The first-order valence-corrected chi connectivity index (χ1v) is 9.47. The standard InChI is InChI=1S/C21H20ClFN6O/c1-13-11-14(2)26-20(25-13)28-19(24-12-15-3-7-17(23)8-4-15)29-21(30)27-18-9-5-16(22)6-10-18/h3-11H,12H2,1-2H3,(H3,24,25,26,27,28,29,30). The fourth-order valence-electron chi connectivity index (χ4n) is 2.56. The number of benzene rings is 2. The predicted molar refractivity (Wildman–Crippen MR) is 116 cm³/mol. The molecule has 0 aliphatic carbocycles. The molecule has 9 heteroatoms. The number of rotatable bonds is 4. The first-order chi connectivity index (χ1) is 14.4. The molecule has 154 valence electrons. The molecule has 0 bridgehead atoms. The molecule has 0 spiro atoms. The Labute approximate surface area is 178 Å². The van der Waals surface area contributed by atoms with Gasteiger partial charge in [0.25, 0.3) is 0 Å². The van der Waals surface area contributed by atoms with E-state index in [0.29, 0.717) is 16.7 Å². The quantitative estimate of drug-likeness (QED) is 0.417. The van der Waals surface area contributed by atoms with Crippen molar-refractivity contribution in [2.75, 3.05) is 10.6 Å². The molecule has 3 rings (SSSR count). The van der Waals surface area contributed by atoms with E-state index < -0.39 is 6.03 Å². The van der Waals surface area contributed by atoms with Gasteiger partial charge in [0, 0.05) is 22.1 Å². The van der Waals surface area contributed by atoms with Crippen LogP contribution in [-0.4, -0.2) is 22.0 Å². The van der Waals surface area contributed by atoms with Gasteiger partial charge in [0.1, 0.15) is 5.82 Å². The Morgan fingerprint density at radius 1 is 1.00 bits per heavy atom. The zero-order valence-electron chi connectivity index (χ0n) is 16.4. The Bertz CT molecular complexity index is 1030. The lowest BCUT2D eigenvalue weighted by molar-refractivity contribution is 0.256. The molecule has 2 aromatic carbocycles. The van der Waals surface area contributed by atoms with Gasteiger partial charge in [-0.25, -0.2) is 24.1 Å². The fourth-order valence-corrected chi connectivity index (χ4v) is 2.69. The minimum Gasteiger partial charge on any atom is -0.308 e. The van der Waals surface area contributed by atoms with Crippen molar-refractivity contribution in [1.82, 2.24) is 15.3 Å². The smallest absolute Gasteiger partial charge is 0.308 e. The maximum Gasteiger partial charge on any atom is 0.326 e. The van der Waals surface area contributed by atoms with Crippen LogP contribution in [0.1, 0.15) is 17.0 Å². The summed E-state index contributed by atoms with van der Waals surface area (Å²) in [6.45, 7) is 3.90. The molecule has 0 aliphatic rings. The number of carbonyl (C=O) groups is 1. The van der Waals surface area contributed by atoms with E-state index in [9.17, 15) is 9.18 Å². The molecule has 0 unspecified atom stereocenters. The first-order valence-electron chi connectivity index (χ1n) is 9.09. The van der Waals surface area contributed by atoms with Crippen molar-refractivity contribution in [1.29, 1.82) is 0 Å². The van der Waals surface area contributed by atoms with E-state index in [1.807, 2.05) is 19.9 Å². The van der Waals surface area contributed by atoms with Gasteiger partial charge in [0.2, 0.25) is 11.9 Å². The number of anilines is 2. The molecule has 1 heterocycles. The Balaban J connectivity index is 1.76. The van der Waals surface area contributed by atoms with Gasteiger partial charge in [-0.15, -0.1) is 0 Å². The summed E-state index contributed by atoms with van der Waals surface area (Å²) in [5.74, 6) is 0.123. The first kappa shape index (κ1) is 21.2. The highest BCUT2D eigenvalue weighted by molar-refractivity contribution is 6.30. The van der Waals surface area contributed by atoms with Gasteiger partial charge in [-0.2, -0.15) is 0 Å². The molecule has 1 aromatic heterocycles. The summed E-state index contributed by atoms with van der Waals surface area (Å²) >= 11 is 5.86. The zero-order valence-corrected chi connectivity index (χ0v) is 17.2. The van der Waals surface area contributed by atoms with E-state index in [1.54, 1.807) is 36.4 Å². The fraction of sp³-hybridized carbons (Fsp3) is 0.143. The van der Waals surface area contributed by atoms with Gasteiger partial charge >= 0.3 is 6.03 Å². The van der Waals surface area contributed by atoms with Crippen molar-refractivity contribution in [2.24, 2.45) is 4.99 Å². The zero-order chi connectivity index (χ0) is 21.5. The van der Waals surface area contributed by atoms with Crippen LogP contribution in [0.4, 0.5) is 20.8 Å². The van der Waals surface area contributed by atoms with Crippen LogP contribution in [0.3, 0.4) is 0 Å². The van der Waals surface area contributed by atoms with Crippen molar-refractivity contribution in [3.63, 3.8) is 0 Å². The number of aliphatic imine (C=N–C) groups is 1. The van der Waals surface area contributed by atoms with Gasteiger partial charge in [-0.1, -0.05) is 23.7 Å². The molecule has 0 fully saturated rings. The maximum atomic E-state index is 13.1. The Hall–Kier alpha value is -3.52. The number of aryl methyl sites for hydroxylation is 2. The molecule has 0 saturated carbocycles. The SMILES string of the molecule is Cc1cc(C)nc(NC(=NCc2ccc(F)cc2)NC(=O)Nc2ccc(Cl)cc2)n1. The Morgan fingerprint density at radius 2 is 1.63 bits per heavy atom. The summed E-state index contributed by atoms with van der Waals surface area (Å²) in [5.41, 5.74) is 2.89. The largest absolute Gasteiger partial charge is 0.326 e. The molecule has 0 atom stereocenters. The highest BCUT2D eigenvalue weighted by atomic mass is 35.5. The number of urea groups is 1. The molecule has 2 amide bonds. The molecule has 0 aliphatic heterocycles. The number of amides is 2. The van der Waals surface area contributed by atoms with E-state index in [0.717, 1.165) is 17.0 Å². The highest BCUT2D eigenvalue weighted by Gasteiger charge is 2.09. The van der Waals surface area contributed by atoms with E-state index in [1.165, 1.54) is 12.1 Å². The Kier molecular flexibility index (Phi) is 6.92. The maximum absolute atomic E-state index is 13.1. The van der Waals surface area contributed by atoms with Gasteiger partial charge in [0.15, 0.2) is 0 Å². The molecule has 3 aromatic rings. The number of aromatic nitrogens is 2. The van der Waals surface area contributed by atoms with Crippen molar-refractivity contribution in [2.45, 2.75) is 20.4 Å². The normalized spacial score (nSPS) is 11.1. The minimum absolute atomic E-state index is 0.149. The van der Waals surface area contributed by atoms with Crippen LogP contribution in [0.25, 0.3) is 0 Å². The third kappa shape index (κ3) is 6.52. The van der Waals surface area contributed by atoms with Crippen LogP contribution >= 0.6 is 11.6 Å². The van der Waals surface area contributed by atoms with Crippen LogP contribution < -0.4 is 16.0 Å². The van der Waals surface area contributed by atoms with Crippen molar-refractivity contribution in [3.05, 3.63) is 82.4 Å². The van der Waals surface area contributed by atoms with Crippen LogP contribution in [0.2, 0.25) is 5.02 Å². The van der Waals surface area contributed by atoms with Gasteiger partial charge in [0.05, 0.1) is 6.54 Å². The number of nitrogens with one attached hydrogen (secondary N) is 3. The summed E-state index contributed by atoms with van der Waals surface area (Å²) in [6, 6.07) is 14.0. The van der Waals surface area contributed by atoms with Gasteiger partial charge < -0.3 is 5.32 Å². The molecule has 30 heavy (non-hydrogen) atoms. The molecular formula is C21H20ClFN6O. The second kappa shape index (κ2) is 9.80. The molecule has 0 saturated heterocycles. The van der Waals surface area contributed by atoms with E-state index in [4.69, 9.17) is 11.6 Å². The van der Waals surface area contributed by atoms with Crippen LogP contribution in [0, 0.1) is 19.7 Å². The number of guanidine groups is 1. The monoisotopic (exact) mass is 426 g/mol. The lowest BCUT2D eigenvalue weighted by atomic mass is 10.2. The summed E-state index contributed by atoms with van der Waals surface area (Å²) in [4.78, 5) is 25.4. The lowest BCUT2D eigenvalue weighted by Gasteiger charge is -2.12. The number of hydrogen-bond donors (Lipinski definition) is 3. The van der Waals surface area contributed by atoms with E-state index in [-0.39, 0.29) is 18.3 Å². The van der Waals surface area contributed by atoms with Crippen molar-refractivity contribution in [3.8, 4) is 0 Å². The van der Waals surface area contributed by atoms with Crippen LogP contribution in [0.15, 0.2) is 59.6 Å². The second-order valence-electron chi connectivity index (χ2n) is 6.48. The van der Waals surface area contributed by atoms with E-state index in [2.05, 4.69) is 30.9 Å². The lowest BCUT2D eigenvalue weighted by Crippen LogP contribution is -2.39. The molecule has 0 radical (unpaired) electrons. The number of halogens is 2. The molecular weight excluding hydrogens is 407 g/mol. The van der Waals surface area contributed by atoms with Gasteiger partial charge in [-0.05, 0) is 61.9 Å². The Morgan fingerprint density at radius 3 is 2.27 bits per heavy atom. The van der Waals surface area contributed by atoms with Gasteiger partial charge in [-0.3, -0.25) is 10.6 Å². The third-order valence-corrected chi connectivity index (χ3v) is 4.13. The number of carbonyl (C=O) groups excluding carboxylic acids is 1. The summed E-state index contributed by atoms with van der Waals surface area (Å²) < 4.78 is 13.1. The van der Waals surface area contributed by atoms with Crippen molar-refractivity contribution >= 4 is 35.2 Å². The minimum atomic E-state index is -0.507. The topological polar surface area (TPSA) is 91.3 Å². The summed E-state index contributed by atoms with van der Waals surface area (Å²) in [5, 5.41) is 8.84. The van der Waals surface area contributed by atoms with Crippen LogP contribution in [0.5, 0.6) is 0 Å². The molecule has 3 N–H and O–H groups in total. The predicted octanol–water partition coefficient (Wildman–Crippen LogP) is 4.68. The second-order valence-corrected chi connectivity index (χ2v) is 6.91. The summed E-state index contributed by atoms with van der Waals surface area (Å²) in [7, 11) is 0. The average Bonchev–Trinajstić information content (AvgIpc) is 2.68. The van der Waals surface area contributed by atoms with Crippen LogP contribution in [-0.2, 0) is 6.54 Å². The number of nitrogens with zero attached hydrogens (tertiary/aromatic N) is 3. The van der Waals surface area contributed by atoms with E-state index >= 15 is 0 Å². The average molecular weight is 427 g/mol. The summed E-state index contributed by atoms with van der Waals surface area (Å²) in [6.07, 6.45) is 0.